The second-order valence-electron chi connectivity index (χ2n) is 4.90. The molecule has 0 radical (unpaired) electrons. The molecule has 1 heterocycles. The second-order valence-corrected chi connectivity index (χ2v) is 4.90. The van der Waals surface area contributed by atoms with Gasteiger partial charge in [0.05, 0.1) is 6.26 Å². The van der Waals surface area contributed by atoms with E-state index >= 15 is 0 Å². The predicted octanol–water partition coefficient (Wildman–Crippen LogP) is 2.84. The van der Waals surface area contributed by atoms with Crippen molar-refractivity contribution in [3.8, 4) is 0 Å². The highest BCUT2D eigenvalue weighted by Crippen LogP contribution is 2.19. The third kappa shape index (κ3) is 4.68. The molecule has 1 aromatic heterocycles. The zero-order valence-electron chi connectivity index (χ0n) is 9.67. The maximum Gasteiger partial charge on any atom is 0.286 e. The van der Waals surface area contributed by atoms with Gasteiger partial charge >= 0.3 is 0 Å². The van der Waals surface area contributed by atoms with Crippen LogP contribution in [-0.2, 0) is 0 Å². The molecule has 3 nitrogen and oxygen atoms in total. The monoisotopic (exact) mass is 209 g/mol. The average molecular weight is 209 g/mol. The molecule has 15 heavy (non-hydrogen) atoms. The number of hydrogen-bond donors (Lipinski definition) is 1. The Labute approximate surface area is 90.9 Å². The van der Waals surface area contributed by atoms with Gasteiger partial charge in [0.2, 0.25) is 0 Å². The van der Waals surface area contributed by atoms with E-state index in [1.807, 2.05) is 0 Å². The zero-order chi connectivity index (χ0) is 11.3. The largest absolute Gasteiger partial charge is 0.459 e. The molecule has 0 spiro atoms. The minimum atomic E-state index is -0.131. The molecule has 0 unspecified atom stereocenters. The van der Waals surface area contributed by atoms with E-state index in [1.54, 1.807) is 12.1 Å². The van der Waals surface area contributed by atoms with Crippen molar-refractivity contribution >= 4 is 5.91 Å². The Morgan fingerprint density at radius 2 is 2.20 bits per heavy atom. The highest BCUT2D eigenvalue weighted by atomic mass is 16.3. The quantitative estimate of drug-likeness (QED) is 0.775. The van der Waals surface area contributed by atoms with Gasteiger partial charge < -0.3 is 9.73 Å². The average Bonchev–Trinajstić information content (AvgIpc) is 2.63. The molecule has 0 bridgehead atoms. The molecule has 0 aliphatic heterocycles. The summed E-state index contributed by atoms with van der Waals surface area (Å²) in [5.41, 5.74) is 0.329. The maximum absolute atomic E-state index is 11.4. The Morgan fingerprint density at radius 3 is 2.73 bits per heavy atom. The molecule has 0 atom stereocenters. The van der Waals surface area contributed by atoms with E-state index in [4.69, 9.17) is 4.42 Å². The van der Waals surface area contributed by atoms with Gasteiger partial charge in [-0.05, 0) is 30.4 Å². The molecule has 0 saturated heterocycles. The van der Waals surface area contributed by atoms with Gasteiger partial charge in [0.1, 0.15) is 0 Å². The fourth-order valence-electron chi connectivity index (χ4n) is 1.32. The Kier molecular flexibility index (Phi) is 3.95. The molecule has 1 rings (SSSR count). The van der Waals surface area contributed by atoms with Crippen molar-refractivity contribution in [1.82, 2.24) is 5.32 Å². The Hall–Kier alpha value is -1.25. The van der Waals surface area contributed by atoms with Gasteiger partial charge in [-0.25, -0.2) is 0 Å². The summed E-state index contributed by atoms with van der Waals surface area (Å²) in [5.74, 6) is 0.250. The van der Waals surface area contributed by atoms with Gasteiger partial charge in [-0.3, -0.25) is 4.79 Å². The number of hydrogen-bond acceptors (Lipinski definition) is 2. The van der Waals surface area contributed by atoms with Gasteiger partial charge in [-0.1, -0.05) is 20.8 Å². The molecule has 3 heteroatoms. The molecule has 0 aliphatic rings. The third-order valence-corrected chi connectivity index (χ3v) is 2.13. The van der Waals surface area contributed by atoms with Crippen LogP contribution in [0.1, 0.15) is 44.2 Å². The molecule has 1 amide bonds. The van der Waals surface area contributed by atoms with Gasteiger partial charge in [0, 0.05) is 6.54 Å². The lowest BCUT2D eigenvalue weighted by Crippen LogP contribution is -2.24. The van der Waals surface area contributed by atoms with E-state index in [9.17, 15) is 4.79 Å². The van der Waals surface area contributed by atoms with Crippen LogP contribution in [0.25, 0.3) is 0 Å². The maximum atomic E-state index is 11.4. The van der Waals surface area contributed by atoms with Crippen molar-refractivity contribution in [2.24, 2.45) is 5.41 Å². The number of carbonyl (C=O) groups is 1. The number of rotatable bonds is 4. The Balaban J connectivity index is 2.19. The van der Waals surface area contributed by atoms with E-state index in [-0.39, 0.29) is 5.91 Å². The van der Waals surface area contributed by atoms with Gasteiger partial charge in [-0.2, -0.15) is 0 Å². The summed E-state index contributed by atoms with van der Waals surface area (Å²) in [7, 11) is 0. The Bertz CT molecular complexity index is 296. The normalized spacial score (nSPS) is 11.4. The van der Waals surface area contributed by atoms with E-state index in [0.29, 0.717) is 17.7 Å². The smallest absolute Gasteiger partial charge is 0.286 e. The fourth-order valence-corrected chi connectivity index (χ4v) is 1.32. The number of furan rings is 1. The molecule has 1 aromatic rings. The predicted molar refractivity (Wildman–Crippen MR) is 59.7 cm³/mol. The van der Waals surface area contributed by atoms with Crippen molar-refractivity contribution in [2.75, 3.05) is 6.54 Å². The van der Waals surface area contributed by atoms with Crippen molar-refractivity contribution in [1.29, 1.82) is 0 Å². The zero-order valence-corrected chi connectivity index (χ0v) is 9.67. The summed E-state index contributed by atoms with van der Waals surface area (Å²) >= 11 is 0. The molecule has 0 fully saturated rings. The van der Waals surface area contributed by atoms with Crippen LogP contribution in [0.5, 0.6) is 0 Å². The van der Waals surface area contributed by atoms with Gasteiger partial charge in [0.15, 0.2) is 5.76 Å². The number of nitrogens with one attached hydrogen (secondary N) is 1. The summed E-state index contributed by atoms with van der Waals surface area (Å²) < 4.78 is 4.98. The first-order valence-corrected chi connectivity index (χ1v) is 5.31. The van der Waals surface area contributed by atoms with Crippen molar-refractivity contribution < 1.29 is 9.21 Å². The van der Waals surface area contributed by atoms with E-state index in [2.05, 4.69) is 26.1 Å². The first kappa shape index (κ1) is 11.8. The van der Waals surface area contributed by atoms with Crippen LogP contribution in [0.2, 0.25) is 0 Å². The third-order valence-electron chi connectivity index (χ3n) is 2.13. The van der Waals surface area contributed by atoms with Crippen LogP contribution in [0, 0.1) is 5.41 Å². The van der Waals surface area contributed by atoms with Crippen LogP contribution in [0.4, 0.5) is 0 Å². The first-order valence-electron chi connectivity index (χ1n) is 5.31. The van der Waals surface area contributed by atoms with Crippen LogP contribution in [0.15, 0.2) is 22.8 Å². The summed E-state index contributed by atoms with van der Waals surface area (Å²) in [6.07, 6.45) is 3.60. The van der Waals surface area contributed by atoms with Crippen LogP contribution < -0.4 is 5.32 Å². The first-order chi connectivity index (χ1) is 6.99. The highest BCUT2D eigenvalue weighted by molar-refractivity contribution is 5.91. The molecule has 0 aliphatic carbocycles. The highest BCUT2D eigenvalue weighted by Gasteiger charge is 2.10. The summed E-state index contributed by atoms with van der Waals surface area (Å²) in [5, 5.41) is 2.82. The molecule has 0 aromatic carbocycles. The van der Waals surface area contributed by atoms with Gasteiger partial charge in [0.25, 0.3) is 5.91 Å². The second kappa shape index (κ2) is 5.01. The Morgan fingerprint density at radius 1 is 1.47 bits per heavy atom. The summed E-state index contributed by atoms with van der Waals surface area (Å²) in [4.78, 5) is 11.4. The number of carbonyl (C=O) groups excluding carboxylic acids is 1. The summed E-state index contributed by atoms with van der Waals surface area (Å²) in [6.45, 7) is 7.29. The van der Waals surface area contributed by atoms with Crippen molar-refractivity contribution in [2.45, 2.75) is 33.6 Å². The standard InChI is InChI=1S/C12H19NO2/c1-12(2,3)7-5-8-13-11(14)10-6-4-9-15-10/h4,6,9H,5,7-8H2,1-3H3,(H,13,14). The van der Waals surface area contributed by atoms with Crippen LogP contribution in [0.3, 0.4) is 0 Å². The number of amides is 1. The molecule has 0 saturated carbocycles. The fraction of sp³-hybridized carbons (Fsp3) is 0.583. The van der Waals surface area contributed by atoms with E-state index < -0.39 is 0 Å². The van der Waals surface area contributed by atoms with E-state index in [1.165, 1.54) is 6.26 Å². The topological polar surface area (TPSA) is 42.2 Å². The van der Waals surface area contributed by atoms with Crippen molar-refractivity contribution in [3.05, 3.63) is 24.2 Å². The lowest BCUT2D eigenvalue weighted by Gasteiger charge is -2.17. The SMILES string of the molecule is CC(C)(C)CCCNC(=O)c1ccco1. The minimum Gasteiger partial charge on any atom is -0.459 e. The minimum absolute atomic E-state index is 0.131. The molecule has 84 valence electrons. The van der Waals surface area contributed by atoms with Crippen LogP contribution in [-0.4, -0.2) is 12.5 Å². The van der Waals surface area contributed by atoms with Crippen molar-refractivity contribution in [3.63, 3.8) is 0 Å². The molecule has 1 N–H and O–H groups in total. The summed E-state index contributed by atoms with van der Waals surface area (Å²) in [6, 6.07) is 3.38. The lowest BCUT2D eigenvalue weighted by atomic mass is 9.91. The lowest BCUT2D eigenvalue weighted by molar-refractivity contribution is 0.0924. The molecular weight excluding hydrogens is 190 g/mol. The molecular formula is C12H19NO2. The van der Waals surface area contributed by atoms with E-state index in [0.717, 1.165) is 12.8 Å². The van der Waals surface area contributed by atoms with Gasteiger partial charge in [-0.15, -0.1) is 0 Å². The van der Waals surface area contributed by atoms with Crippen LogP contribution >= 0.6 is 0 Å².